The van der Waals surface area contributed by atoms with E-state index in [9.17, 15) is 4.79 Å². The Bertz CT molecular complexity index is 539. The number of nitrogens with zero attached hydrogens (tertiary/aromatic N) is 1. The van der Waals surface area contributed by atoms with Crippen LogP contribution in [0.1, 0.15) is 31.2 Å². The summed E-state index contributed by atoms with van der Waals surface area (Å²) >= 11 is 0. The van der Waals surface area contributed by atoms with Crippen LogP contribution in [0.25, 0.3) is 11.5 Å². The number of hydrogen-bond donors (Lipinski definition) is 1. The number of rotatable bonds is 2. The van der Waals surface area contributed by atoms with Crippen molar-refractivity contribution in [3.63, 3.8) is 0 Å². The predicted molar refractivity (Wildman–Crippen MR) is 61.4 cm³/mol. The van der Waals surface area contributed by atoms with Gasteiger partial charge in [-0.15, -0.1) is 0 Å². The van der Waals surface area contributed by atoms with Crippen LogP contribution in [-0.4, -0.2) is 9.97 Å². The van der Waals surface area contributed by atoms with Crippen LogP contribution < -0.4 is 5.56 Å². The Morgan fingerprint density at radius 1 is 1.44 bits per heavy atom. The zero-order valence-electron chi connectivity index (χ0n) is 9.57. The molecule has 2 aromatic rings. The molecule has 0 aliphatic rings. The van der Waals surface area contributed by atoms with Gasteiger partial charge < -0.3 is 9.40 Å². The molecule has 1 N–H and O–H groups in total. The first-order valence-electron chi connectivity index (χ1n) is 5.24. The van der Waals surface area contributed by atoms with Crippen molar-refractivity contribution >= 4 is 0 Å². The lowest BCUT2D eigenvalue weighted by Crippen LogP contribution is -2.16. The van der Waals surface area contributed by atoms with E-state index < -0.39 is 0 Å². The van der Waals surface area contributed by atoms with Gasteiger partial charge in [-0.3, -0.25) is 4.79 Å². The second-order valence-corrected chi connectivity index (χ2v) is 4.06. The number of H-pyrrole nitrogens is 1. The third-order valence-electron chi connectivity index (χ3n) is 2.47. The summed E-state index contributed by atoms with van der Waals surface area (Å²) in [5.41, 5.74) is 1.10. The fourth-order valence-electron chi connectivity index (χ4n) is 1.48. The van der Waals surface area contributed by atoms with E-state index in [4.69, 9.17) is 4.42 Å². The SMILES string of the molecule is Cc1c(-c2ccco2)nc(C(C)C)[nH]c1=O. The van der Waals surface area contributed by atoms with Gasteiger partial charge in [0.25, 0.3) is 5.56 Å². The molecule has 2 aromatic heterocycles. The summed E-state index contributed by atoms with van der Waals surface area (Å²) in [5, 5.41) is 0. The number of furan rings is 1. The third kappa shape index (κ3) is 1.78. The van der Waals surface area contributed by atoms with E-state index in [0.29, 0.717) is 22.8 Å². The van der Waals surface area contributed by atoms with Crippen LogP contribution in [0.15, 0.2) is 27.6 Å². The predicted octanol–water partition coefficient (Wildman–Crippen LogP) is 2.46. The van der Waals surface area contributed by atoms with Gasteiger partial charge in [0.15, 0.2) is 5.76 Å². The van der Waals surface area contributed by atoms with Gasteiger partial charge in [0.05, 0.1) is 6.26 Å². The van der Waals surface area contributed by atoms with Crippen LogP contribution in [-0.2, 0) is 0 Å². The monoisotopic (exact) mass is 218 g/mol. The first kappa shape index (κ1) is 10.7. The average Bonchev–Trinajstić information content (AvgIpc) is 2.74. The zero-order chi connectivity index (χ0) is 11.7. The summed E-state index contributed by atoms with van der Waals surface area (Å²) in [6.45, 7) is 5.72. The quantitative estimate of drug-likeness (QED) is 0.842. The first-order chi connectivity index (χ1) is 7.59. The molecule has 16 heavy (non-hydrogen) atoms. The average molecular weight is 218 g/mol. The number of nitrogens with one attached hydrogen (secondary N) is 1. The molecule has 0 saturated heterocycles. The summed E-state index contributed by atoms with van der Waals surface area (Å²) in [6.07, 6.45) is 1.58. The van der Waals surface area contributed by atoms with Crippen LogP contribution in [0.5, 0.6) is 0 Å². The van der Waals surface area contributed by atoms with E-state index >= 15 is 0 Å². The fraction of sp³-hybridized carbons (Fsp3) is 0.333. The molecule has 0 fully saturated rings. The second-order valence-electron chi connectivity index (χ2n) is 4.06. The smallest absolute Gasteiger partial charge is 0.254 e. The van der Waals surface area contributed by atoms with Gasteiger partial charge in [-0.25, -0.2) is 4.98 Å². The van der Waals surface area contributed by atoms with Crippen molar-refractivity contribution in [2.24, 2.45) is 0 Å². The largest absolute Gasteiger partial charge is 0.463 e. The minimum Gasteiger partial charge on any atom is -0.463 e. The molecule has 0 spiro atoms. The van der Waals surface area contributed by atoms with E-state index in [1.807, 2.05) is 13.8 Å². The van der Waals surface area contributed by atoms with Crippen molar-refractivity contribution in [1.82, 2.24) is 9.97 Å². The van der Waals surface area contributed by atoms with Gasteiger partial charge in [0, 0.05) is 11.5 Å². The summed E-state index contributed by atoms with van der Waals surface area (Å²) in [6, 6.07) is 3.59. The summed E-state index contributed by atoms with van der Waals surface area (Å²) in [7, 11) is 0. The molecule has 84 valence electrons. The molecule has 0 radical (unpaired) electrons. The Morgan fingerprint density at radius 2 is 2.19 bits per heavy atom. The lowest BCUT2D eigenvalue weighted by molar-refractivity contribution is 0.577. The molecular weight excluding hydrogens is 204 g/mol. The van der Waals surface area contributed by atoms with Gasteiger partial charge in [-0.1, -0.05) is 13.8 Å². The summed E-state index contributed by atoms with van der Waals surface area (Å²) < 4.78 is 5.27. The van der Waals surface area contributed by atoms with Crippen molar-refractivity contribution in [3.8, 4) is 11.5 Å². The van der Waals surface area contributed by atoms with Gasteiger partial charge >= 0.3 is 0 Å². The van der Waals surface area contributed by atoms with Gasteiger partial charge in [0.1, 0.15) is 11.5 Å². The Morgan fingerprint density at radius 3 is 2.75 bits per heavy atom. The minimum absolute atomic E-state index is 0.106. The second kappa shape index (κ2) is 3.96. The lowest BCUT2D eigenvalue weighted by Gasteiger charge is -2.07. The molecular formula is C12H14N2O2. The molecule has 0 bridgehead atoms. The maximum absolute atomic E-state index is 11.7. The molecule has 0 saturated carbocycles. The van der Waals surface area contributed by atoms with Crippen LogP contribution in [0.3, 0.4) is 0 Å². The first-order valence-corrected chi connectivity index (χ1v) is 5.24. The maximum atomic E-state index is 11.7. The normalized spacial score (nSPS) is 11.0. The molecule has 0 atom stereocenters. The number of aromatic amines is 1. The van der Waals surface area contributed by atoms with E-state index in [-0.39, 0.29) is 11.5 Å². The highest BCUT2D eigenvalue weighted by molar-refractivity contribution is 5.55. The van der Waals surface area contributed by atoms with Crippen molar-refractivity contribution in [3.05, 3.63) is 40.1 Å². The Kier molecular flexibility index (Phi) is 2.64. The number of aromatic nitrogens is 2. The van der Waals surface area contributed by atoms with E-state index in [0.717, 1.165) is 0 Å². The summed E-state index contributed by atoms with van der Waals surface area (Å²) in [5.74, 6) is 1.49. The van der Waals surface area contributed by atoms with Crippen LogP contribution in [0.2, 0.25) is 0 Å². The van der Waals surface area contributed by atoms with E-state index in [1.165, 1.54) is 0 Å². The minimum atomic E-state index is -0.106. The fourth-order valence-corrected chi connectivity index (χ4v) is 1.48. The Hall–Kier alpha value is -1.84. The highest BCUT2D eigenvalue weighted by Gasteiger charge is 2.13. The van der Waals surface area contributed by atoms with Gasteiger partial charge in [-0.2, -0.15) is 0 Å². The standard InChI is InChI=1S/C12H14N2O2/c1-7(2)11-13-10(8(3)12(15)14-11)9-5-4-6-16-9/h4-7H,1-3H3,(H,13,14,15). The Labute approximate surface area is 93.3 Å². The third-order valence-corrected chi connectivity index (χ3v) is 2.47. The van der Waals surface area contributed by atoms with Gasteiger partial charge in [-0.05, 0) is 19.1 Å². The lowest BCUT2D eigenvalue weighted by atomic mass is 10.1. The highest BCUT2D eigenvalue weighted by atomic mass is 16.3. The molecule has 4 nitrogen and oxygen atoms in total. The van der Waals surface area contributed by atoms with Crippen LogP contribution in [0, 0.1) is 6.92 Å². The van der Waals surface area contributed by atoms with Crippen molar-refractivity contribution in [2.75, 3.05) is 0 Å². The molecule has 2 heterocycles. The molecule has 2 rings (SSSR count). The summed E-state index contributed by atoms with van der Waals surface area (Å²) in [4.78, 5) is 18.9. The van der Waals surface area contributed by atoms with Crippen LogP contribution >= 0.6 is 0 Å². The van der Waals surface area contributed by atoms with Crippen molar-refractivity contribution < 1.29 is 4.42 Å². The Balaban J connectivity index is 2.65. The molecule has 0 aliphatic carbocycles. The van der Waals surface area contributed by atoms with Crippen LogP contribution in [0.4, 0.5) is 0 Å². The zero-order valence-corrected chi connectivity index (χ0v) is 9.57. The maximum Gasteiger partial charge on any atom is 0.254 e. The highest BCUT2D eigenvalue weighted by Crippen LogP contribution is 2.20. The molecule has 0 amide bonds. The molecule has 0 unspecified atom stereocenters. The van der Waals surface area contributed by atoms with E-state index in [1.54, 1.807) is 25.3 Å². The van der Waals surface area contributed by atoms with Crippen molar-refractivity contribution in [2.45, 2.75) is 26.7 Å². The van der Waals surface area contributed by atoms with Crippen molar-refractivity contribution in [1.29, 1.82) is 0 Å². The molecule has 4 heteroatoms. The number of hydrogen-bond acceptors (Lipinski definition) is 3. The molecule has 0 aromatic carbocycles. The molecule has 0 aliphatic heterocycles. The van der Waals surface area contributed by atoms with E-state index in [2.05, 4.69) is 9.97 Å². The topological polar surface area (TPSA) is 58.9 Å². The van der Waals surface area contributed by atoms with Gasteiger partial charge in [0.2, 0.25) is 0 Å².